The number of aryl methyl sites for hydroxylation is 1. The minimum absolute atomic E-state index is 0.0304. The van der Waals surface area contributed by atoms with Gasteiger partial charge in [-0.25, -0.2) is 4.68 Å². The van der Waals surface area contributed by atoms with Gasteiger partial charge < -0.3 is 9.64 Å². The van der Waals surface area contributed by atoms with Gasteiger partial charge in [0.2, 0.25) is 0 Å². The van der Waals surface area contributed by atoms with E-state index >= 15 is 0 Å². The van der Waals surface area contributed by atoms with E-state index < -0.39 is 0 Å². The largest absolute Gasteiger partial charge is 0.372 e. The summed E-state index contributed by atoms with van der Waals surface area (Å²) in [7, 11) is 0. The van der Waals surface area contributed by atoms with Crippen LogP contribution in [0.2, 0.25) is 0 Å². The molecular formula is C18H23N3O2. The molecule has 0 spiro atoms. The first-order valence-corrected chi connectivity index (χ1v) is 8.02. The van der Waals surface area contributed by atoms with E-state index in [0.29, 0.717) is 18.7 Å². The number of hydrogen-bond donors (Lipinski definition) is 0. The van der Waals surface area contributed by atoms with Crippen LogP contribution in [0.4, 0.5) is 0 Å². The van der Waals surface area contributed by atoms with Gasteiger partial charge in [0.05, 0.1) is 35.3 Å². The third kappa shape index (κ3) is 3.15. The van der Waals surface area contributed by atoms with Gasteiger partial charge in [-0.15, -0.1) is 0 Å². The SMILES string of the molecule is Cc1ccc(-n2ncc(C(=O)N3C[C@@H](C)O[C@@H](C)C3)c2C)cc1. The highest BCUT2D eigenvalue weighted by atomic mass is 16.5. The molecule has 1 saturated heterocycles. The molecule has 1 aliphatic heterocycles. The maximum Gasteiger partial charge on any atom is 0.257 e. The molecule has 5 heteroatoms. The monoisotopic (exact) mass is 313 g/mol. The number of rotatable bonds is 2. The summed E-state index contributed by atoms with van der Waals surface area (Å²) in [5.41, 5.74) is 3.69. The molecule has 122 valence electrons. The van der Waals surface area contributed by atoms with Gasteiger partial charge in [-0.1, -0.05) is 17.7 Å². The molecule has 0 saturated carbocycles. The Bertz CT molecular complexity index is 696. The van der Waals surface area contributed by atoms with Gasteiger partial charge >= 0.3 is 0 Å². The molecule has 0 N–H and O–H groups in total. The van der Waals surface area contributed by atoms with E-state index in [1.54, 1.807) is 6.20 Å². The van der Waals surface area contributed by atoms with Crippen molar-refractivity contribution in [3.63, 3.8) is 0 Å². The second-order valence-electron chi connectivity index (χ2n) is 6.36. The molecule has 1 aromatic heterocycles. The highest BCUT2D eigenvalue weighted by Crippen LogP contribution is 2.19. The third-order valence-corrected chi connectivity index (χ3v) is 4.23. The van der Waals surface area contributed by atoms with E-state index in [-0.39, 0.29) is 18.1 Å². The lowest BCUT2D eigenvalue weighted by Crippen LogP contribution is -2.48. The molecule has 3 rings (SSSR count). The van der Waals surface area contributed by atoms with Crippen LogP contribution in [0, 0.1) is 13.8 Å². The van der Waals surface area contributed by atoms with Crippen molar-refractivity contribution in [1.82, 2.24) is 14.7 Å². The van der Waals surface area contributed by atoms with E-state index in [1.165, 1.54) is 5.56 Å². The Morgan fingerprint density at radius 1 is 1.13 bits per heavy atom. The minimum Gasteiger partial charge on any atom is -0.372 e. The topological polar surface area (TPSA) is 47.4 Å². The summed E-state index contributed by atoms with van der Waals surface area (Å²) >= 11 is 0. The van der Waals surface area contributed by atoms with Crippen LogP contribution >= 0.6 is 0 Å². The maximum atomic E-state index is 12.8. The average molecular weight is 313 g/mol. The van der Waals surface area contributed by atoms with Gasteiger partial charge in [0.25, 0.3) is 5.91 Å². The van der Waals surface area contributed by atoms with Gasteiger partial charge in [-0.2, -0.15) is 5.10 Å². The molecule has 23 heavy (non-hydrogen) atoms. The molecule has 1 fully saturated rings. The number of benzene rings is 1. The lowest BCUT2D eigenvalue weighted by Gasteiger charge is -2.35. The van der Waals surface area contributed by atoms with Crippen LogP contribution in [0.15, 0.2) is 30.5 Å². The molecule has 2 aromatic rings. The molecule has 1 aliphatic rings. The minimum atomic E-state index is 0.0304. The van der Waals surface area contributed by atoms with Crippen LogP contribution in [0.1, 0.15) is 35.5 Å². The molecule has 1 amide bonds. The number of aromatic nitrogens is 2. The molecule has 0 radical (unpaired) electrons. The highest BCUT2D eigenvalue weighted by Gasteiger charge is 2.28. The van der Waals surface area contributed by atoms with Gasteiger partial charge in [0.1, 0.15) is 0 Å². The second kappa shape index (κ2) is 6.16. The summed E-state index contributed by atoms with van der Waals surface area (Å²) in [5.74, 6) is 0.0304. The van der Waals surface area contributed by atoms with Crippen molar-refractivity contribution in [1.29, 1.82) is 0 Å². The Morgan fingerprint density at radius 3 is 2.35 bits per heavy atom. The fourth-order valence-electron chi connectivity index (χ4n) is 3.08. The van der Waals surface area contributed by atoms with E-state index in [4.69, 9.17) is 4.74 Å². The Labute approximate surface area is 136 Å². The molecule has 2 heterocycles. The standard InChI is InChI=1S/C18H23N3O2/c1-12-5-7-16(8-6-12)21-15(4)17(9-19-21)18(22)20-10-13(2)23-14(3)11-20/h5-9,13-14H,10-11H2,1-4H3/t13-,14+. The van der Waals surface area contributed by atoms with Gasteiger partial charge in [-0.3, -0.25) is 4.79 Å². The smallest absolute Gasteiger partial charge is 0.257 e. The Balaban J connectivity index is 1.86. The van der Waals surface area contributed by atoms with Crippen LogP contribution in [0.5, 0.6) is 0 Å². The van der Waals surface area contributed by atoms with E-state index in [9.17, 15) is 4.79 Å². The molecular weight excluding hydrogens is 290 g/mol. The van der Waals surface area contributed by atoms with Crippen molar-refractivity contribution in [3.05, 3.63) is 47.3 Å². The Kier molecular flexibility index (Phi) is 4.22. The molecule has 5 nitrogen and oxygen atoms in total. The lowest BCUT2D eigenvalue weighted by atomic mass is 10.1. The fourth-order valence-corrected chi connectivity index (χ4v) is 3.08. The van der Waals surface area contributed by atoms with Gasteiger partial charge in [-0.05, 0) is 39.8 Å². The summed E-state index contributed by atoms with van der Waals surface area (Å²) in [4.78, 5) is 14.7. The van der Waals surface area contributed by atoms with Crippen LogP contribution in [0.25, 0.3) is 5.69 Å². The zero-order valence-corrected chi connectivity index (χ0v) is 14.1. The molecule has 0 bridgehead atoms. The predicted molar refractivity (Wildman–Crippen MR) is 89.0 cm³/mol. The molecule has 0 unspecified atom stereocenters. The first-order valence-electron chi connectivity index (χ1n) is 8.02. The normalized spacial score (nSPS) is 21.5. The Hall–Kier alpha value is -2.14. The Morgan fingerprint density at radius 2 is 1.74 bits per heavy atom. The quantitative estimate of drug-likeness (QED) is 0.856. The number of hydrogen-bond acceptors (Lipinski definition) is 3. The summed E-state index contributed by atoms with van der Waals surface area (Å²) < 4.78 is 7.52. The maximum absolute atomic E-state index is 12.8. The number of nitrogens with zero attached hydrogens (tertiary/aromatic N) is 3. The highest BCUT2D eigenvalue weighted by molar-refractivity contribution is 5.95. The van der Waals surface area contributed by atoms with Crippen molar-refractivity contribution < 1.29 is 9.53 Å². The second-order valence-corrected chi connectivity index (χ2v) is 6.36. The number of amides is 1. The van der Waals surface area contributed by atoms with Crippen molar-refractivity contribution in [3.8, 4) is 5.69 Å². The van der Waals surface area contributed by atoms with Gasteiger partial charge in [0.15, 0.2) is 0 Å². The number of morpholine rings is 1. The van der Waals surface area contributed by atoms with Crippen LogP contribution in [-0.4, -0.2) is 45.9 Å². The number of ether oxygens (including phenoxy) is 1. The molecule has 2 atom stereocenters. The van der Waals surface area contributed by atoms with Crippen LogP contribution in [0.3, 0.4) is 0 Å². The summed E-state index contributed by atoms with van der Waals surface area (Å²) in [5, 5.41) is 4.41. The zero-order chi connectivity index (χ0) is 16.6. The first-order chi connectivity index (χ1) is 11.0. The van der Waals surface area contributed by atoms with E-state index in [1.807, 2.05) is 54.6 Å². The predicted octanol–water partition coefficient (Wildman–Crippen LogP) is 2.74. The van der Waals surface area contributed by atoms with Crippen molar-refractivity contribution in [2.45, 2.75) is 39.9 Å². The van der Waals surface area contributed by atoms with E-state index in [2.05, 4.69) is 12.0 Å². The van der Waals surface area contributed by atoms with Crippen LogP contribution < -0.4 is 0 Å². The van der Waals surface area contributed by atoms with Crippen molar-refractivity contribution in [2.24, 2.45) is 0 Å². The van der Waals surface area contributed by atoms with Crippen molar-refractivity contribution >= 4 is 5.91 Å². The zero-order valence-electron chi connectivity index (χ0n) is 14.1. The van der Waals surface area contributed by atoms with Crippen molar-refractivity contribution in [2.75, 3.05) is 13.1 Å². The third-order valence-electron chi connectivity index (χ3n) is 4.23. The van der Waals surface area contributed by atoms with Gasteiger partial charge in [0, 0.05) is 13.1 Å². The summed E-state index contributed by atoms with van der Waals surface area (Å²) in [6, 6.07) is 8.12. The number of carbonyl (C=O) groups is 1. The average Bonchev–Trinajstić information content (AvgIpc) is 2.88. The lowest BCUT2D eigenvalue weighted by molar-refractivity contribution is -0.0586. The summed E-state index contributed by atoms with van der Waals surface area (Å²) in [6.45, 7) is 9.23. The molecule has 0 aliphatic carbocycles. The van der Waals surface area contributed by atoms with E-state index in [0.717, 1.165) is 11.4 Å². The summed E-state index contributed by atoms with van der Waals surface area (Å²) in [6.07, 6.45) is 1.80. The van der Waals surface area contributed by atoms with Crippen LogP contribution in [-0.2, 0) is 4.74 Å². The number of carbonyl (C=O) groups excluding carboxylic acids is 1. The molecule has 1 aromatic carbocycles. The first kappa shape index (κ1) is 15.7. The fraction of sp³-hybridized carbons (Fsp3) is 0.444.